The summed E-state index contributed by atoms with van der Waals surface area (Å²) in [4.78, 5) is 0. The fourth-order valence-electron chi connectivity index (χ4n) is 1.58. The van der Waals surface area contributed by atoms with Crippen LogP contribution in [0.25, 0.3) is 0 Å². The van der Waals surface area contributed by atoms with E-state index in [0.29, 0.717) is 5.41 Å². The van der Waals surface area contributed by atoms with Crippen LogP contribution in [0.5, 0.6) is 0 Å². The molecular weight excluding hydrogens is 168 g/mol. The Labute approximate surface area is 79.6 Å². The predicted molar refractivity (Wildman–Crippen MR) is 55.4 cm³/mol. The molecule has 1 rings (SSSR count). The highest BCUT2D eigenvalue weighted by Gasteiger charge is 2.26. The van der Waals surface area contributed by atoms with Gasteiger partial charge in [-0.05, 0) is 36.2 Å². The molecule has 2 heteroatoms. The first-order valence-electron chi connectivity index (χ1n) is 4.57. The van der Waals surface area contributed by atoms with Gasteiger partial charge in [-0.15, -0.1) is 0 Å². The van der Waals surface area contributed by atoms with Crippen molar-refractivity contribution in [3.63, 3.8) is 0 Å². The summed E-state index contributed by atoms with van der Waals surface area (Å²) in [6.45, 7) is 6.74. The third-order valence-corrected chi connectivity index (χ3v) is 3.94. The lowest BCUT2D eigenvalue weighted by Gasteiger charge is -2.32. The minimum Gasteiger partial charge on any atom is -0.502 e. The maximum atomic E-state index is 5.16. The van der Waals surface area contributed by atoms with E-state index in [2.05, 4.69) is 25.3 Å². The molecule has 12 heavy (non-hydrogen) atoms. The van der Waals surface area contributed by atoms with Crippen LogP contribution in [0.4, 0.5) is 0 Å². The molecule has 1 aliphatic rings. The maximum Gasteiger partial charge on any atom is 0.0878 e. The van der Waals surface area contributed by atoms with Gasteiger partial charge in [0, 0.05) is 0 Å². The van der Waals surface area contributed by atoms with Gasteiger partial charge >= 0.3 is 0 Å². The van der Waals surface area contributed by atoms with Crippen LogP contribution < -0.4 is 0 Å². The number of thioether (sulfide) groups is 1. The molecule has 1 saturated heterocycles. The maximum absolute atomic E-state index is 5.16. The van der Waals surface area contributed by atoms with E-state index >= 15 is 0 Å². The first-order chi connectivity index (χ1) is 5.77. The van der Waals surface area contributed by atoms with Crippen molar-refractivity contribution in [2.75, 3.05) is 18.1 Å². The Hall–Kier alpha value is -0.110. The highest BCUT2D eigenvalue weighted by molar-refractivity contribution is 7.99. The summed E-state index contributed by atoms with van der Waals surface area (Å²) >= 11 is 2.08. The highest BCUT2D eigenvalue weighted by Crippen LogP contribution is 2.36. The second-order valence-electron chi connectivity index (χ2n) is 3.75. The quantitative estimate of drug-likeness (QED) is 0.493. The highest BCUT2D eigenvalue weighted by atomic mass is 32.2. The fourth-order valence-corrected chi connectivity index (χ4v) is 2.85. The van der Waals surface area contributed by atoms with E-state index in [-0.39, 0.29) is 0 Å². The van der Waals surface area contributed by atoms with Crippen molar-refractivity contribution in [1.29, 1.82) is 0 Å². The van der Waals surface area contributed by atoms with Crippen LogP contribution in [0.15, 0.2) is 12.8 Å². The largest absolute Gasteiger partial charge is 0.502 e. The van der Waals surface area contributed by atoms with Crippen molar-refractivity contribution >= 4 is 11.8 Å². The smallest absolute Gasteiger partial charge is 0.0878 e. The lowest BCUT2D eigenvalue weighted by molar-refractivity contribution is 0.181. The summed E-state index contributed by atoms with van der Waals surface area (Å²) in [5, 5.41) is 0. The molecule has 1 unspecified atom stereocenters. The minimum atomic E-state index is 0.520. The normalized spacial score (nSPS) is 29.8. The molecule has 0 bridgehead atoms. The zero-order chi connectivity index (χ0) is 8.86. The third-order valence-electron chi connectivity index (χ3n) is 2.46. The van der Waals surface area contributed by atoms with E-state index in [1.807, 2.05) is 0 Å². The molecule has 0 aromatic rings. The zero-order valence-corrected chi connectivity index (χ0v) is 8.66. The topological polar surface area (TPSA) is 9.23 Å². The molecule has 70 valence electrons. The van der Waals surface area contributed by atoms with Crippen LogP contribution in [-0.4, -0.2) is 18.1 Å². The third kappa shape index (κ3) is 3.10. The van der Waals surface area contributed by atoms with Gasteiger partial charge in [-0.3, -0.25) is 0 Å². The molecule has 0 aliphatic carbocycles. The molecule has 0 saturated carbocycles. The van der Waals surface area contributed by atoms with Gasteiger partial charge < -0.3 is 4.74 Å². The van der Waals surface area contributed by atoms with Crippen molar-refractivity contribution < 1.29 is 4.74 Å². The number of hydrogen-bond donors (Lipinski definition) is 0. The molecular formula is C10H18OS. The molecule has 0 amide bonds. The van der Waals surface area contributed by atoms with Gasteiger partial charge in [0.15, 0.2) is 0 Å². The van der Waals surface area contributed by atoms with E-state index in [4.69, 9.17) is 4.74 Å². The van der Waals surface area contributed by atoms with Crippen molar-refractivity contribution in [3.8, 4) is 0 Å². The van der Waals surface area contributed by atoms with Gasteiger partial charge in [-0.2, -0.15) is 11.8 Å². The van der Waals surface area contributed by atoms with Crippen LogP contribution >= 0.6 is 11.8 Å². The molecule has 0 radical (unpaired) electrons. The van der Waals surface area contributed by atoms with Crippen LogP contribution in [-0.2, 0) is 4.74 Å². The van der Waals surface area contributed by atoms with Crippen molar-refractivity contribution in [3.05, 3.63) is 12.8 Å². The van der Waals surface area contributed by atoms with Gasteiger partial charge in [0.1, 0.15) is 0 Å². The Kier molecular flexibility index (Phi) is 3.99. The van der Waals surface area contributed by atoms with Crippen LogP contribution in [0.3, 0.4) is 0 Å². The second kappa shape index (κ2) is 4.80. The lowest BCUT2D eigenvalue weighted by atomic mass is 9.84. The number of rotatable bonds is 4. The summed E-state index contributed by atoms with van der Waals surface area (Å²) in [6, 6.07) is 0. The average molecular weight is 186 g/mol. The molecule has 0 N–H and O–H groups in total. The summed E-state index contributed by atoms with van der Waals surface area (Å²) in [5.74, 6) is 2.64. The Morgan fingerprint density at radius 1 is 1.67 bits per heavy atom. The van der Waals surface area contributed by atoms with Gasteiger partial charge in [0.05, 0.1) is 12.9 Å². The van der Waals surface area contributed by atoms with Crippen LogP contribution in [0.1, 0.15) is 26.2 Å². The Balaban J connectivity index is 2.21. The van der Waals surface area contributed by atoms with E-state index in [9.17, 15) is 0 Å². The minimum absolute atomic E-state index is 0.520. The molecule has 1 aliphatic heterocycles. The van der Waals surface area contributed by atoms with Gasteiger partial charge in [-0.25, -0.2) is 0 Å². The summed E-state index contributed by atoms with van der Waals surface area (Å²) < 4.78 is 5.16. The fraction of sp³-hybridized carbons (Fsp3) is 0.800. The Bertz CT molecular complexity index is 139. The molecule has 0 aromatic carbocycles. The van der Waals surface area contributed by atoms with E-state index in [1.54, 1.807) is 6.26 Å². The Morgan fingerprint density at radius 3 is 3.08 bits per heavy atom. The summed E-state index contributed by atoms with van der Waals surface area (Å²) in [6.07, 6.45) is 5.45. The van der Waals surface area contributed by atoms with Crippen molar-refractivity contribution in [2.24, 2.45) is 5.41 Å². The number of ether oxygens (including phenoxy) is 1. The van der Waals surface area contributed by atoms with E-state index < -0.39 is 0 Å². The van der Waals surface area contributed by atoms with Gasteiger partial charge in [-0.1, -0.05) is 13.5 Å². The number of hydrogen-bond acceptors (Lipinski definition) is 2. The monoisotopic (exact) mass is 186 g/mol. The molecule has 1 fully saturated rings. The van der Waals surface area contributed by atoms with Crippen LogP contribution in [0.2, 0.25) is 0 Å². The molecule has 1 atom stereocenters. The average Bonchev–Trinajstić information content (AvgIpc) is 2.06. The van der Waals surface area contributed by atoms with Gasteiger partial charge in [0.25, 0.3) is 0 Å². The standard InChI is InChI=1S/C10H18OS/c1-3-11-7-6-10(2)5-4-8-12-9-10/h3H,1,4-9H2,2H3. The predicted octanol–water partition coefficient (Wildman–Crippen LogP) is 3.07. The van der Waals surface area contributed by atoms with Crippen molar-refractivity contribution in [1.82, 2.24) is 0 Å². The van der Waals surface area contributed by atoms with Crippen LogP contribution in [0, 0.1) is 5.41 Å². The van der Waals surface area contributed by atoms with Crippen molar-refractivity contribution in [2.45, 2.75) is 26.2 Å². The first kappa shape index (κ1) is 9.97. The summed E-state index contributed by atoms with van der Waals surface area (Å²) in [5.41, 5.74) is 0.520. The molecule has 0 aromatic heterocycles. The SMILES string of the molecule is C=COCCC1(C)CCCSC1. The molecule has 1 nitrogen and oxygen atoms in total. The molecule has 1 heterocycles. The first-order valence-corrected chi connectivity index (χ1v) is 5.73. The zero-order valence-electron chi connectivity index (χ0n) is 7.84. The van der Waals surface area contributed by atoms with Gasteiger partial charge in [0.2, 0.25) is 0 Å². The lowest BCUT2D eigenvalue weighted by Crippen LogP contribution is -2.25. The summed E-state index contributed by atoms with van der Waals surface area (Å²) in [7, 11) is 0. The van der Waals surface area contributed by atoms with E-state index in [1.165, 1.54) is 30.8 Å². The van der Waals surface area contributed by atoms with E-state index in [0.717, 1.165) is 6.61 Å². The molecule has 0 spiro atoms. The second-order valence-corrected chi connectivity index (χ2v) is 4.86. The Morgan fingerprint density at radius 2 is 2.50 bits per heavy atom.